The first-order valence-corrected chi connectivity index (χ1v) is 6.88. The summed E-state index contributed by atoms with van der Waals surface area (Å²) in [6.45, 7) is 5.31. The quantitative estimate of drug-likeness (QED) is 0.756. The lowest BCUT2D eigenvalue weighted by Crippen LogP contribution is -2.49. The summed E-state index contributed by atoms with van der Waals surface area (Å²) in [5.74, 6) is -0.115. The molecule has 0 aliphatic carbocycles. The second-order valence-electron chi connectivity index (χ2n) is 5.05. The van der Waals surface area contributed by atoms with Crippen LogP contribution in [0.2, 0.25) is 0 Å². The molecule has 0 spiro atoms. The zero-order chi connectivity index (χ0) is 13.5. The molecular weight excluding hydrogens is 230 g/mol. The molecule has 1 rings (SSSR count). The van der Waals surface area contributed by atoms with Crippen molar-refractivity contribution in [3.8, 4) is 0 Å². The number of amides is 2. The number of hydrogen-bond donors (Lipinski definition) is 2. The van der Waals surface area contributed by atoms with Gasteiger partial charge in [0.1, 0.15) is 6.04 Å². The molecule has 1 aliphatic rings. The molecule has 1 aliphatic heterocycles. The van der Waals surface area contributed by atoms with Crippen LogP contribution in [0.25, 0.3) is 0 Å². The molecule has 0 aromatic carbocycles. The van der Waals surface area contributed by atoms with Gasteiger partial charge in [-0.05, 0) is 32.6 Å². The number of nitrogens with two attached hydrogens (primary N) is 1. The van der Waals surface area contributed by atoms with Crippen molar-refractivity contribution in [1.29, 1.82) is 0 Å². The average Bonchev–Trinajstić information content (AvgIpc) is 2.38. The molecule has 0 aromatic rings. The van der Waals surface area contributed by atoms with Crippen LogP contribution in [0.5, 0.6) is 0 Å². The number of rotatable bonds is 5. The van der Waals surface area contributed by atoms with E-state index >= 15 is 0 Å². The van der Waals surface area contributed by atoms with Crippen molar-refractivity contribution in [1.82, 2.24) is 10.2 Å². The van der Waals surface area contributed by atoms with Gasteiger partial charge >= 0.3 is 0 Å². The lowest BCUT2D eigenvalue weighted by atomic mass is 10.1. The lowest BCUT2D eigenvalue weighted by Gasteiger charge is -2.29. The van der Waals surface area contributed by atoms with Crippen molar-refractivity contribution >= 4 is 11.8 Å². The predicted molar refractivity (Wildman–Crippen MR) is 70.9 cm³/mol. The van der Waals surface area contributed by atoms with Crippen LogP contribution in [0, 0.1) is 0 Å². The van der Waals surface area contributed by atoms with Crippen LogP contribution >= 0.6 is 0 Å². The topological polar surface area (TPSA) is 75.4 Å². The van der Waals surface area contributed by atoms with Crippen molar-refractivity contribution < 1.29 is 9.59 Å². The van der Waals surface area contributed by atoms with E-state index in [1.807, 2.05) is 11.8 Å². The largest absolute Gasteiger partial charge is 0.345 e. The summed E-state index contributed by atoms with van der Waals surface area (Å²) in [5, 5.41) is 2.73. The van der Waals surface area contributed by atoms with Crippen molar-refractivity contribution in [3.63, 3.8) is 0 Å². The second-order valence-corrected chi connectivity index (χ2v) is 5.05. The minimum atomic E-state index is -0.445. The minimum Gasteiger partial charge on any atom is -0.345 e. The van der Waals surface area contributed by atoms with Gasteiger partial charge in [0.2, 0.25) is 11.8 Å². The van der Waals surface area contributed by atoms with Crippen molar-refractivity contribution in [2.75, 3.05) is 13.1 Å². The van der Waals surface area contributed by atoms with Gasteiger partial charge in [0, 0.05) is 25.6 Å². The first-order chi connectivity index (χ1) is 8.54. The van der Waals surface area contributed by atoms with E-state index in [9.17, 15) is 9.59 Å². The Morgan fingerprint density at radius 1 is 1.28 bits per heavy atom. The summed E-state index contributed by atoms with van der Waals surface area (Å²) in [6, 6.07) is -0.568. The maximum absolute atomic E-state index is 12.1. The van der Waals surface area contributed by atoms with Gasteiger partial charge in [-0.2, -0.15) is 0 Å². The molecule has 2 unspecified atom stereocenters. The van der Waals surface area contributed by atoms with Crippen molar-refractivity contribution in [2.24, 2.45) is 5.73 Å². The van der Waals surface area contributed by atoms with Crippen LogP contribution in [0.1, 0.15) is 46.0 Å². The van der Waals surface area contributed by atoms with Gasteiger partial charge in [0.05, 0.1) is 0 Å². The molecule has 1 heterocycles. The minimum absolute atomic E-state index is 0.0214. The van der Waals surface area contributed by atoms with Gasteiger partial charge in [0.15, 0.2) is 0 Å². The van der Waals surface area contributed by atoms with Crippen LogP contribution in [0.3, 0.4) is 0 Å². The van der Waals surface area contributed by atoms with E-state index in [0.717, 1.165) is 32.4 Å². The zero-order valence-electron chi connectivity index (χ0n) is 11.4. The molecule has 2 amide bonds. The molecule has 5 heteroatoms. The highest BCUT2D eigenvalue weighted by atomic mass is 16.2. The highest BCUT2D eigenvalue weighted by Gasteiger charge is 2.23. The number of nitrogens with zero attached hydrogens (tertiary/aromatic N) is 1. The number of likely N-dealkylation sites (tertiary alicyclic amines) is 1. The number of piperidine rings is 1. The van der Waals surface area contributed by atoms with Gasteiger partial charge in [-0.3, -0.25) is 9.59 Å². The fourth-order valence-electron chi connectivity index (χ4n) is 2.13. The van der Waals surface area contributed by atoms with E-state index in [1.165, 1.54) is 6.42 Å². The summed E-state index contributed by atoms with van der Waals surface area (Å²) in [4.78, 5) is 25.6. The highest BCUT2D eigenvalue weighted by Crippen LogP contribution is 2.10. The third-order valence-electron chi connectivity index (χ3n) is 3.39. The third-order valence-corrected chi connectivity index (χ3v) is 3.39. The molecule has 5 nitrogen and oxygen atoms in total. The Morgan fingerprint density at radius 3 is 2.44 bits per heavy atom. The van der Waals surface area contributed by atoms with Crippen LogP contribution in [-0.2, 0) is 9.59 Å². The van der Waals surface area contributed by atoms with E-state index in [1.54, 1.807) is 6.92 Å². The van der Waals surface area contributed by atoms with Crippen LogP contribution in [0.4, 0.5) is 0 Å². The summed E-state index contributed by atoms with van der Waals surface area (Å²) >= 11 is 0. The molecular formula is C13H25N3O2. The highest BCUT2D eigenvalue weighted by molar-refractivity contribution is 5.87. The van der Waals surface area contributed by atoms with Gasteiger partial charge in [-0.15, -0.1) is 0 Å². The van der Waals surface area contributed by atoms with E-state index < -0.39 is 6.04 Å². The Kier molecular flexibility index (Phi) is 6.12. The van der Waals surface area contributed by atoms with E-state index in [4.69, 9.17) is 5.73 Å². The fourth-order valence-corrected chi connectivity index (χ4v) is 2.13. The Bertz CT molecular complexity index is 288. The molecule has 1 saturated heterocycles. The zero-order valence-corrected chi connectivity index (χ0v) is 11.4. The standard InChI is InChI=1S/C13H25N3O2/c1-3-11(14)9-12(17)15-10(2)13(18)16-7-5-4-6-8-16/h10-11H,3-9,14H2,1-2H3,(H,15,17). The molecule has 18 heavy (non-hydrogen) atoms. The fraction of sp³-hybridized carbons (Fsp3) is 0.846. The Hall–Kier alpha value is -1.10. The first-order valence-electron chi connectivity index (χ1n) is 6.88. The number of carbonyl (C=O) groups is 2. The molecule has 104 valence electrons. The molecule has 0 radical (unpaired) electrons. The van der Waals surface area contributed by atoms with Gasteiger partial charge in [-0.25, -0.2) is 0 Å². The molecule has 1 fully saturated rings. The molecule has 0 aromatic heterocycles. The molecule has 0 saturated carbocycles. The van der Waals surface area contributed by atoms with E-state index in [-0.39, 0.29) is 24.3 Å². The van der Waals surface area contributed by atoms with Crippen LogP contribution < -0.4 is 11.1 Å². The number of carbonyl (C=O) groups excluding carboxylic acids is 2. The number of nitrogens with one attached hydrogen (secondary N) is 1. The summed E-state index contributed by atoms with van der Waals surface area (Å²) in [7, 11) is 0. The molecule has 2 atom stereocenters. The average molecular weight is 255 g/mol. The number of hydrogen-bond acceptors (Lipinski definition) is 3. The Balaban J connectivity index is 2.36. The van der Waals surface area contributed by atoms with E-state index in [0.29, 0.717) is 0 Å². The second kappa shape index (κ2) is 7.36. The maximum atomic E-state index is 12.1. The Morgan fingerprint density at radius 2 is 1.89 bits per heavy atom. The smallest absolute Gasteiger partial charge is 0.244 e. The van der Waals surface area contributed by atoms with E-state index in [2.05, 4.69) is 5.32 Å². The normalized spacial score (nSPS) is 19.2. The monoisotopic (exact) mass is 255 g/mol. The van der Waals surface area contributed by atoms with Gasteiger partial charge < -0.3 is 16.0 Å². The Labute approximate surface area is 109 Å². The predicted octanol–water partition coefficient (Wildman–Crippen LogP) is 0.631. The SMILES string of the molecule is CCC(N)CC(=O)NC(C)C(=O)N1CCCCC1. The summed E-state index contributed by atoms with van der Waals surface area (Å²) < 4.78 is 0. The summed E-state index contributed by atoms with van der Waals surface area (Å²) in [5.41, 5.74) is 5.71. The van der Waals surface area contributed by atoms with Crippen LogP contribution in [-0.4, -0.2) is 41.9 Å². The third kappa shape index (κ3) is 4.64. The van der Waals surface area contributed by atoms with Crippen molar-refractivity contribution in [3.05, 3.63) is 0 Å². The molecule has 0 bridgehead atoms. The summed E-state index contributed by atoms with van der Waals surface area (Å²) in [6.07, 6.45) is 4.37. The lowest BCUT2D eigenvalue weighted by molar-refractivity contribution is -0.136. The van der Waals surface area contributed by atoms with Gasteiger partial charge in [-0.1, -0.05) is 6.92 Å². The van der Waals surface area contributed by atoms with Crippen molar-refractivity contribution in [2.45, 2.75) is 58.0 Å². The maximum Gasteiger partial charge on any atom is 0.244 e. The van der Waals surface area contributed by atoms with Gasteiger partial charge in [0.25, 0.3) is 0 Å². The van der Waals surface area contributed by atoms with Crippen LogP contribution in [0.15, 0.2) is 0 Å². The first kappa shape index (κ1) is 15.0. The molecule has 3 N–H and O–H groups in total.